The summed E-state index contributed by atoms with van der Waals surface area (Å²) in [6.45, 7) is 0. The Kier molecular flexibility index (Phi) is 4.53. The summed E-state index contributed by atoms with van der Waals surface area (Å²) in [5, 5.41) is 15.6. The van der Waals surface area contributed by atoms with E-state index in [9.17, 15) is 9.59 Å². The van der Waals surface area contributed by atoms with Crippen LogP contribution in [0, 0.1) is 11.3 Å². The number of nitrogens with one attached hydrogen (secondary N) is 2. The molecule has 0 aliphatic carbocycles. The lowest BCUT2D eigenvalue weighted by Crippen LogP contribution is -2.20. The molecule has 1 aromatic heterocycles. The van der Waals surface area contributed by atoms with Crippen LogP contribution in [0.5, 0.6) is 0 Å². The topological polar surface area (TPSA) is 91.2 Å². The van der Waals surface area contributed by atoms with Gasteiger partial charge in [-0.15, -0.1) is 11.3 Å². The first kappa shape index (κ1) is 14.6. The summed E-state index contributed by atoms with van der Waals surface area (Å²) >= 11 is 1.18. The van der Waals surface area contributed by atoms with Gasteiger partial charge >= 0.3 is 12.0 Å². The van der Waals surface area contributed by atoms with Gasteiger partial charge in [-0.25, -0.2) is 9.59 Å². The second-order valence-electron chi connectivity index (χ2n) is 3.92. The number of carbonyl (C=O) groups excluding carboxylic acids is 2. The van der Waals surface area contributed by atoms with Crippen LogP contribution in [0.1, 0.15) is 15.2 Å². The predicted molar refractivity (Wildman–Crippen MR) is 79.5 cm³/mol. The lowest BCUT2D eigenvalue weighted by atomic mass is 10.2. The number of carbonyl (C=O) groups is 2. The molecule has 2 N–H and O–H groups in total. The number of nitriles is 1. The summed E-state index contributed by atoms with van der Waals surface area (Å²) in [6.07, 6.45) is 0. The van der Waals surface area contributed by atoms with Gasteiger partial charge in [0.1, 0.15) is 4.88 Å². The van der Waals surface area contributed by atoms with Crippen molar-refractivity contribution in [2.24, 2.45) is 0 Å². The summed E-state index contributed by atoms with van der Waals surface area (Å²) in [7, 11) is 1.28. The molecule has 1 heterocycles. The minimum absolute atomic E-state index is 0.326. The molecule has 0 aliphatic rings. The Morgan fingerprint density at radius 3 is 2.52 bits per heavy atom. The maximum absolute atomic E-state index is 11.9. The Morgan fingerprint density at radius 2 is 1.90 bits per heavy atom. The maximum atomic E-state index is 11.9. The molecule has 0 bridgehead atoms. The molecule has 21 heavy (non-hydrogen) atoms. The molecule has 0 saturated heterocycles. The molecule has 2 aromatic rings. The van der Waals surface area contributed by atoms with E-state index in [0.717, 1.165) is 0 Å². The molecule has 0 spiro atoms. The van der Waals surface area contributed by atoms with Crippen molar-refractivity contribution in [2.45, 2.75) is 0 Å². The van der Waals surface area contributed by atoms with Gasteiger partial charge in [0.05, 0.1) is 24.4 Å². The number of rotatable bonds is 3. The van der Waals surface area contributed by atoms with E-state index in [4.69, 9.17) is 5.26 Å². The highest BCUT2D eigenvalue weighted by Crippen LogP contribution is 2.23. The number of nitrogens with zero attached hydrogens (tertiary/aromatic N) is 1. The van der Waals surface area contributed by atoms with Gasteiger partial charge in [0.15, 0.2) is 0 Å². The van der Waals surface area contributed by atoms with Crippen LogP contribution in [0.25, 0.3) is 0 Å². The molecule has 7 heteroatoms. The van der Waals surface area contributed by atoms with E-state index in [-0.39, 0.29) is 0 Å². The van der Waals surface area contributed by atoms with Crippen molar-refractivity contribution < 1.29 is 14.3 Å². The fourth-order valence-electron chi connectivity index (χ4n) is 1.57. The summed E-state index contributed by atoms with van der Waals surface area (Å²) in [4.78, 5) is 23.7. The second kappa shape index (κ2) is 6.54. The molecule has 0 saturated carbocycles. The average molecular weight is 301 g/mol. The molecule has 6 nitrogen and oxygen atoms in total. The van der Waals surface area contributed by atoms with E-state index >= 15 is 0 Å². The van der Waals surface area contributed by atoms with Gasteiger partial charge in [-0.2, -0.15) is 5.26 Å². The van der Waals surface area contributed by atoms with Crippen LogP contribution in [0.2, 0.25) is 0 Å². The molecule has 0 unspecified atom stereocenters. The molecule has 0 aliphatic heterocycles. The first-order valence-electron chi connectivity index (χ1n) is 5.88. The zero-order valence-corrected chi connectivity index (χ0v) is 11.9. The maximum Gasteiger partial charge on any atom is 0.350 e. The summed E-state index contributed by atoms with van der Waals surface area (Å²) in [5.74, 6) is -0.501. The predicted octanol–water partition coefficient (Wildman–Crippen LogP) is 3.05. The summed E-state index contributed by atoms with van der Waals surface area (Å²) < 4.78 is 4.63. The van der Waals surface area contributed by atoms with E-state index in [2.05, 4.69) is 15.4 Å². The number of anilines is 2. The van der Waals surface area contributed by atoms with Crippen molar-refractivity contribution in [1.82, 2.24) is 0 Å². The van der Waals surface area contributed by atoms with Gasteiger partial charge in [0.2, 0.25) is 0 Å². The SMILES string of the molecule is COC(=O)c1sccc1NC(=O)Nc1ccc(C#N)cc1. The monoisotopic (exact) mass is 301 g/mol. The normalized spacial score (nSPS) is 9.52. The average Bonchev–Trinajstić information content (AvgIpc) is 2.95. The largest absolute Gasteiger partial charge is 0.465 e. The first-order valence-corrected chi connectivity index (χ1v) is 6.76. The zero-order valence-electron chi connectivity index (χ0n) is 11.0. The molecule has 2 amide bonds. The quantitative estimate of drug-likeness (QED) is 0.852. The third-order valence-corrected chi connectivity index (χ3v) is 3.45. The van der Waals surface area contributed by atoms with E-state index < -0.39 is 12.0 Å². The van der Waals surface area contributed by atoms with Crippen LogP contribution in [0.4, 0.5) is 16.2 Å². The highest BCUT2D eigenvalue weighted by atomic mass is 32.1. The summed E-state index contributed by atoms with van der Waals surface area (Å²) in [6, 6.07) is 9.56. The van der Waals surface area contributed by atoms with Crippen molar-refractivity contribution in [1.29, 1.82) is 5.26 Å². The highest BCUT2D eigenvalue weighted by Gasteiger charge is 2.15. The van der Waals surface area contributed by atoms with Crippen molar-refractivity contribution in [2.75, 3.05) is 17.7 Å². The molecule has 1 aromatic carbocycles. The number of hydrogen-bond acceptors (Lipinski definition) is 5. The third kappa shape index (κ3) is 3.58. The zero-order chi connectivity index (χ0) is 15.2. The van der Waals surface area contributed by atoms with Crippen LogP contribution in [-0.2, 0) is 4.74 Å². The second-order valence-corrected chi connectivity index (χ2v) is 4.84. The Labute approximate surface area is 125 Å². The number of hydrogen-bond donors (Lipinski definition) is 2. The van der Waals surface area contributed by atoms with E-state index in [0.29, 0.717) is 21.8 Å². The Bertz CT molecular complexity index is 701. The Balaban J connectivity index is 2.03. The molecule has 0 atom stereocenters. The van der Waals surface area contributed by atoms with Crippen LogP contribution >= 0.6 is 11.3 Å². The molecular formula is C14H11N3O3S. The standard InChI is InChI=1S/C14H11N3O3S/c1-20-13(18)12-11(6-7-21-12)17-14(19)16-10-4-2-9(8-15)3-5-10/h2-7H,1H3,(H2,16,17,19). The number of urea groups is 1. The van der Waals surface area contributed by atoms with Gasteiger partial charge in [-0.3, -0.25) is 0 Å². The lowest BCUT2D eigenvalue weighted by Gasteiger charge is -2.07. The number of thiophene rings is 1. The van der Waals surface area contributed by atoms with E-state index in [1.165, 1.54) is 18.4 Å². The molecular weight excluding hydrogens is 290 g/mol. The number of ether oxygens (including phenoxy) is 1. The minimum atomic E-state index is -0.501. The third-order valence-electron chi connectivity index (χ3n) is 2.56. The van der Waals surface area contributed by atoms with Crippen molar-refractivity contribution in [3.05, 3.63) is 46.2 Å². The number of esters is 1. The van der Waals surface area contributed by atoms with Gasteiger partial charge in [-0.1, -0.05) is 0 Å². The molecule has 0 radical (unpaired) electrons. The highest BCUT2D eigenvalue weighted by molar-refractivity contribution is 7.12. The molecule has 2 rings (SSSR count). The van der Waals surface area contributed by atoms with Crippen molar-refractivity contribution in [3.63, 3.8) is 0 Å². The Hall–Kier alpha value is -2.85. The lowest BCUT2D eigenvalue weighted by molar-refractivity contribution is 0.0607. The van der Waals surface area contributed by atoms with E-state index in [1.54, 1.807) is 35.7 Å². The molecule has 0 fully saturated rings. The number of methoxy groups -OCH3 is 1. The van der Waals surface area contributed by atoms with Gasteiger partial charge in [0.25, 0.3) is 0 Å². The number of benzene rings is 1. The van der Waals surface area contributed by atoms with Crippen LogP contribution in [-0.4, -0.2) is 19.1 Å². The van der Waals surface area contributed by atoms with E-state index in [1.807, 2.05) is 6.07 Å². The number of amides is 2. The van der Waals surface area contributed by atoms with Crippen molar-refractivity contribution >= 4 is 34.7 Å². The van der Waals surface area contributed by atoms with Gasteiger partial charge in [0, 0.05) is 5.69 Å². The minimum Gasteiger partial charge on any atom is -0.465 e. The van der Waals surface area contributed by atoms with Crippen LogP contribution < -0.4 is 10.6 Å². The molecule has 106 valence electrons. The van der Waals surface area contributed by atoms with Crippen LogP contribution in [0.15, 0.2) is 35.7 Å². The summed E-state index contributed by atoms with van der Waals surface area (Å²) in [5.41, 5.74) is 1.44. The van der Waals surface area contributed by atoms with Gasteiger partial charge < -0.3 is 15.4 Å². The first-order chi connectivity index (χ1) is 10.1. The fourth-order valence-corrected chi connectivity index (χ4v) is 2.34. The smallest absolute Gasteiger partial charge is 0.350 e. The Morgan fingerprint density at radius 1 is 1.19 bits per heavy atom. The van der Waals surface area contributed by atoms with Gasteiger partial charge in [-0.05, 0) is 35.7 Å². The fraction of sp³-hybridized carbons (Fsp3) is 0.0714. The van der Waals surface area contributed by atoms with Crippen molar-refractivity contribution in [3.8, 4) is 6.07 Å². The van der Waals surface area contributed by atoms with Crippen LogP contribution in [0.3, 0.4) is 0 Å².